The minimum absolute atomic E-state index is 0.00906. The summed E-state index contributed by atoms with van der Waals surface area (Å²) in [7, 11) is 0. The number of hydrogen-bond donors (Lipinski definition) is 0. The highest BCUT2D eigenvalue weighted by molar-refractivity contribution is 9.10. The van der Waals surface area contributed by atoms with Gasteiger partial charge in [-0.15, -0.1) is 0 Å². The Hall–Kier alpha value is -1.68. The molecule has 4 heteroatoms. The van der Waals surface area contributed by atoms with E-state index >= 15 is 0 Å². The summed E-state index contributed by atoms with van der Waals surface area (Å²) in [5, 5.41) is 0. The molecule has 0 aliphatic rings. The zero-order valence-corrected chi connectivity index (χ0v) is 12.1. The predicted molar refractivity (Wildman–Crippen MR) is 75.4 cm³/mol. The number of ether oxygens (including phenoxy) is 1. The molecule has 0 saturated heterocycles. The molecule has 19 heavy (non-hydrogen) atoms. The van der Waals surface area contributed by atoms with Gasteiger partial charge in [0.2, 0.25) is 0 Å². The number of Topliss-reactive ketones (excluding diaryl/α,β-unsaturated/α-hetero) is 1. The third kappa shape index (κ3) is 3.20. The van der Waals surface area contributed by atoms with Crippen molar-refractivity contribution in [3.05, 3.63) is 57.8 Å². The molecule has 0 heterocycles. The maximum absolute atomic E-state index is 13.0. The first-order valence-corrected chi connectivity index (χ1v) is 6.51. The molecule has 0 N–H and O–H groups in total. The van der Waals surface area contributed by atoms with Gasteiger partial charge in [-0.2, -0.15) is 0 Å². The Labute approximate surface area is 119 Å². The largest absolute Gasteiger partial charge is 0.456 e. The van der Waals surface area contributed by atoms with Crippen LogP contribution >= 0.6 is 15.9 Å². The van der Waals surface area contributed by atoms with Gasteiger partial charge in [-0.3, -0.25) is 4.79 Å². The Morgan fingerprint density at radius 2 is 1.84 bits per heavy atom. The van der Waals surface area contributed by atoms with E-state index in [1.54, 1.807) is 31.2 Å². The molecule has 0 bridgehead atoms. The molecule has 2 nitrogen and oxygen atoms in total. The lowest BCUT2D eigenvalue weighted by atomic mass is 10.1. The van der Waals surface area contributed by atoms with E-state index in [1.165, 1.54) is 19.1 Å². The van der Waals surface area contributed by atoms with E-state index in [-0.39, 0.29) is 11.6 Å². The first-order chi connectivity index (χ1) is 8.97. The summed E-state index contributed by atoms with van der Waals surface area (Å²) >= 11 is 3.36. The summed E-state index contributed by atoms with van der Waals surface area (Å²) in [6.07, 6.45) is 0. The molecule has 0 aliphatic heterocycles. The Morgan fingerprint density at radius 3 is 2.42 bits per heavy atom. The second-order valence-corrected chi connectivity index (χ2v) is 5.07. The predicted octanol–water partition coefficient (Wildman–Crippen LogP) is 4.89. The average molecular weight is 323 g/mol. The Balaban J connectivity index is 2.31. The number of rotatable bonds is 3. The Bertz CT molecular complexity index is 638. The van der Waals surface area contributed by atoms with Crippen LogP contribution < -0.4 is 4.74 Å². The normalized spacial score (nSPS) is 10.3. The molecule has 0 spiro atoms. The van der Waals surface area contributed by atoms with E-state index in [4.69, 9.17) is 4.74 Å². The average Bonchev–Trinajstić information content (AvgIpc) is 2.34. The number of aryl methyl sites for hydroxylation is 1. The maximum Gasteiger partial charge on any atom is 0.159 e. The van der Waals surface area contributed by atoms with Crippen LogP contribution in [0.2, 0.25) is 0 Å². The maximum atomic E-state index is 13.0. The molecular formula is C15H12BrFO2. The van der Waals surface area contributed by atoms with Crippen molar-refractivity contribution < 1.29 is 13.9 Å². The highest BCUT2D eigenvalue weighted by atomic mass is 79.9. The molecule has 2 aromatic carbocycles. The van der Waals surface area contributed by atoms with Gasteiger partial charge >= 0.3 is 0 Å². The monoisotopic (exact) mass is 322 g/mol. The van der Waals surface area contributed by atoms with Gasteiger partial charge in [-0.25, -0.2) is 4.39 Å². The second kappa shape index (κ2) is 5.53. The van der Waals surface area contributed by atoms with Crippen molar-refractivity contribution in [3.8, 4) is 11.5 Å². The number of carbonyl (C=O) groups excluding carboxylic acids is 1. The van der Waals surface area contributed by atoms with Crippen LogP contribution in [0.4, 0.5) is 4.39 Å². The zero-order valence-electron chi connectivity index (χ0n) is 10.5. The summed E-state index contributed by atoms with van der Waals surface area (Å²) < 4.78 is 19.4. The van der Waals surface area contributed by atoms with Crippen LogP contribution in [0.1, 0.15) is 22.8 Å². The van der Waals surface area contributed by atoms with E-state index in [0.29, 0.717) is 27.1 Å². The van der Waals surface area contributed by atoms with Gasteiger partial charge < -0.3 is 4.74 Å². The first kappa shape index (κ1) is 13.7. The first-order valence-electron chi connectivity index (χ1n) is 5.72. The minimum Gasteiger partial charge on any atom is -0.456 e. The second-order valence-electron chi connectivity index (χ2n) is 4.21. The fourth-order valence-electron chi connectivity index (χ4n) is 1.65. The van der Waals surface area contributed by atoms with Gasteiger partial charge in [0.1, 0.15) is 17.3 Å². The fraction of sp³-hybridized carbons (Fsp3) is 0.133. The summed E-state index contributed by atoms with van der Waals surface area (Å²) in [5.41, 5.74) is 1.32. The van der Waals surface area contributed by atoms with Crippen LogP contribution in [0.15, 0.2) is 40.9 Å². The molecule has 2 aromatic rings. The van der Waals surface area contributed by atoms with Crippen LogP contribution in [0.3, 0.4) is 0 Å². The lowest BCUT2D eigenvalue weighted by Crippen LogP contribution is -1.94. The summed E-state index contributed by atoms with van der Waals surface area (Å²) in [6.45, 7) is 3.28. The van der Waals surface area contributed by atoms with Gasteiger partial charge in [-0.05, 0) is 71.7 Å². The van der Waals surface area contributed by atoms with Gasteiger partial charge in [0.15, 0.2) is 5.78 Å². The van der Waals surface area contributed by atoms with Crippen molar-refractivity contribution in [2.45, 2.75) is 13.8 Å². The van der Waals surface area contributed by atoms with Gasteiger partial charge in [0, 0.05) is 5.56 Å². The quantitative estimate of drug-likeness (QED) is 0.752. The number of ketones is 1. The number of halogens is 2. The van der Waals surface area contributed by atoms with Gasteiger partial charge in [0.05, 0.1) is 4.47 Å². The Kier molecular flexibility index (Phi) is 4.00. The molecule has 98 valence electrons. The van der Waals surface area contributed by atoms with Gasteiger partial charge in [0.25, 0.3) is 0 Å². The van der Waals surface area contributed by atoms with E-state index in [2.05, 4.69) is 15.9 Å². The highest BCUT2D eigenvalue weighted by Gasteiger charge is 2.08. The standard InChI is InChI=1S/C15H12BrFO2/c1-9-7-12(17)4-6-14(9)19-15-5-3-11(10(2)18)8-13(15)16/h3-8H,1-2H3. The molecule has 0 aliphatic carbocycles. The smallest absolute Gasteiger partial charge is 0.159 e. The molecular weight excluding hydrogens is 311 g/mol. The number of hydrogen-bond acceptors (Lipinski definition) is 2. The SMILES string of the molecule is CC(=O)c1ccc(Oc2ccc(F)cc2C)c(Br)c1. The van der Waals surface area contributed by atoms with Crippen LogP contribution in [0, 0.1) is 12.7 Å². The summed E-state index contributed by atoms with van der Waals surface area (Å²) in [4.78, 5) is 11.3. The van der Waals surface area contributed by atoms with Crippen molar-refractivity contribution in [2.24, 2.45) is 0 Å². The van der Waals surface area contributed by atoms with Crippen LogP contribution in [0.25, 0.3) is 0 Å². The van der Waals surface area contributed by atoms with Crippen molar-refractivity contribution in [3.63, 3.8) is 0 Å². The molecule has 0 unspecified atom stereocenters. The third-order valence-electron chi connectivity index (χ3n) is 2.70. The fourth-order valence-corrected chi connectivity index (χ4v) is 2.11. The molecule has 0 atom stereocenters. The number of benzene rings is 2. The lowest BCUT2D eigenvalue weighted by molar-refractivity contribution is 0.101. The minimum atomic E-state index is -0.296. The molecule has 0 aromatic heterocycles. The third-order valence-corrected chi connectivity index (χ3v) is 3.32. The highest BCUT2D eigenvalue weighted by Crippen LogP contribution is 2.32. The van der Waals surface area contributed by atoms with Crippen LogP contribution in [-0.2, 0) is 0 Å². The lowest BCUT2D eigenvalue weighted by Gasteiger charge is -2.11. The van der Waals surface area contributed by atoms with Crippen LogP contribution in [0.5, 0.6) is 11.5 Å². The molecule has 0 amide bonds. The van der Waals surface area contributed by atoms with Crippen molar-refractivity contribution >= 4 is 21.7 Å². The Morgan fingerprint density at radius 1 is 1.16 bits per heavy atom. The molecule has 2 rings (SSSR count). The number of carbonyl (C=O) groups is 1. The molecule has 0 saturated carbocycles. The topological polar surface area (TPSA) is 26.3 Å². The molecule has 0 radical (unpaired) electrons. The zero-order chi connectivity index (χ0) is 14.0. The van der Waals surface area contributed by atoms with E-state index in [9.17, 15) is 9.18 Å². The van der Waals surface area contributed by atoms with E-state index in [1.807, 2.05) is 0 Å². The van der Waals surface area contributed by atoms with Crippen molar-refractivity contribution in [1.29, 1.82) is 0 Å². The van der Waals surface area contributed by atoms with Crippen LogP contribution in [-0.4, -0.2) is 5.78 Å². The van der Waals surface area contributed by atoms with E-state index < -0.39 is 0 Å². The van der Waals surface area contributed by atoms with Crippen molar-refractivity contribution in [1.82, 2.24) is 0 Å². The summed E-state index contributed by atoms with van der Waals surface area (Å²) in [6, 6.07) is 9.45. The van der Waals surface area contributed by atoms with Gasteiger partial charge in [-0.1, -0.05) is 0 Å². The van der Waals surface area contributed by atoms with E-state index in [0.717, 1.165) is 0 Å². The van der Waals surface area contributed by atoms with Crippen molar-refractivity contribution in [2.75, 3.05) is 0 Å². The summed E-state index contributed by atoms with van der Waals surface area (Å²) in [5.74, 6) is 0.860. The molecule has 0 fully saturated rings.